The summed E-state index contributed by atoms with van der Waals surface area (Å²) in [6, 6.07) is 7.54. The van der Waals surface area contributed by atoms with Gasteiger partial charge in [0.1, 0.15) is 0 Å². The number of hydrogen-bond donors (Lipinski definition) is 1. The molecule has 0 saturated carbocycles. The molecule has 1 aliphatic rings. The van der Waals surface area contributed by atoms with Crippen LogP contribution in [0.3, 0.4) is 0 Å². The van der Waals surface area contributed by atoms with Crippen molar-refractivity contribution in [3.05, 3.63) is 29.8 Å². The molecule has 1 aliphatic heterocycles. The molecule has 1 saturated heterocycles. The van der Waals surface area contributed by atoms with Gasteiger partial charge in [-0.05, 0) is 45.7 Å². The third-order valence-electron chi connectivity index (χ3n) is 3.55. The summed E-state index contributed by atoms with van der Waals surface area (Å²) in [6.07, 6.45) is 1.95. The minimum Gasteiger partial charge on any atom is -0.464 e. The largest absolute Gasteiger partial charge is 0.464 e. The molecular weight excluding hydrogens is 254 g/mol. The summed E-state index contributed by atoms with van der Waals surface area (Å²) in [5.41, 5.74) is 2.10. The summed E-state index contributed by atoms with van der Waals surface area (Å²) in [6.45, 7) is 6.27. The van der Waals surface area contributed by atoms with Crippen LogP contribution in [-0.2, 0) is 14.3 Å². The lowest BCUT2D eigenvalue weighted by molar-refractivity contribution is -0.147. The SMILES string of the molecule is CCOC(=O)C(Nc1ccc(C)cc1)C1CCC(C)O1. The maximum absolute atomic E-state index is 12.1. The molecule has 0 aliphatic carbocycles. The van der Waals surface area contributed by atoms with E-state index in [1.807, 2.05) is 45.0 Å². The normalized spacial score (nSPS) is 23.4. The van der Waals surface area contributed by atoms with Gasteiger partial charge in [0.2, 0.25) is 0 Å². The first kappa shape index (κ1) is 14.9. The molecule has 0 radical (unpaired) electrons. The zero-order chi connectivity index (χ0) is 14.5. The fraction of sp³-hybridized carbons (Fsp3) is 0.562. The lowest BCUT2D eigenvalue weighted by atomic mass is 10.1. The van der Waals surface area contributed by atoms with Crippen LogP contribution in [0.4, 0.5) is 5.69 Å². The van der Waals surface area contributed by atoms with Crippen molar-refractivity contribution in [2.24, 2.45) is 0 Å². The van der Waals surface area contributed by atoms with E-state index in [1.54, 1.807) is 0 Å². The first-order valence-corrected chi connectivity index (χ1v) is 7.25. The van der Waals surface area contributed by atoms with Gasteiger partial charge in [-0.2, -0.15) is 0 Å². The average Bonchev–Trinajstić information content (AvgIpc) is 2.84. The fourth-order valence-electron chi connectivity index (χ4n) is 2.44. The molecule has 1 aromatic rings. The van der Waals surface area contributed by atoms with Crippen molar-refractivity contribution in [1.29, 1.82) is 0 Å². The van der Waals surface area contributed by atoms with Gasteiger partial charge in [0.05, 0.1) is 18.8 Å². The van der Waals surface area contributed by atoms with Gasteiger partial charge in [-0.1, -0.05) is 17.7 Å². The highest BCUT2D eigenvalue weighted by atomic mass is 16.5. The maximum atomic E-state index is 12.1. The van der Waals surface area contributed by atoms with Crippen LogP contribution in [0.15, 0.2) is 24.3 Å². The van der Waals surface area contributed by atoms with Crippen molar-refractivity contribution in [1.82, 2.24) is 0 Å². The Morgan fingerprint density at radius 2 is 2.10 bits per heavy atom. The van der Waals surface area contributed by atoms with Crippen LogP contribution in [-0.4, -0.2) is 30.8 Å². The Morgan fingerprint density at radius 3 is 2.65 bits per heavy atom. The van der Waals surface area contributed by atoms with Gasteiger partial charge < -0.3 is 14.8 Å². The smallest absolute Gasteiger partial charge is 0.331 e. The Hall–Kier alpha value is -1.55. The second-order valence-electron chi connectivity index (χ2n) is 5.30. The summed E-state index contributed by atoms with van der Waals surface area (Å²) in [5, 5.41) is 3.25. The van der Waals surface area contributed by atoms with Gasteiger partial charge in [0, 0.05) is 5.69 Å². The molecule has 1 N–H and O–H groups in total. The lowest BCUT2D eigenvalue weighted by Gasteiger charge is -2.24. The quantitative estimate of drug-likeness (QED) is 0.841. The Bertz CT molecular complexity index is 444. The molecule has 1 fully saturated rings. The second kappa shape index (κ2) is 6.75. The number of carbonyl (C=O) groups is 1. The minimum absolute atomic E-state index is 0.120. The van der Waals surface area contributed by atoms with Crippen molar-refractivity contribution in [2.45, 2.75) is 51.9 Å². The highest BCUT2D eigenvalue weighted by Gasteiger charge is 2.35. The van der Waals surface area contributed by atoms with Crippen LogP contribution >= 0.6 is 0 Å². The molecule has 0 spiro atoms. The van der Waals surface area contributed by atoms with Crippen LogP contribution in [0.25, 0.3) is 0 Å². The summed E-state index contributed by atoms with van der Waals surface area (Å²) in [7, 11) is 0. The van der Waals surface area contributed by atoms with E-state index in [1.165, 1.54) is 5.56 Å². The Labute approximate surface area is 120 Å². The highest BCUT2D eigenvalue weighted by Crippen LogP contribution is 2.24. The molecule has 2 rings (SSSR count). The summed E-state index contributed by atoms with van der Waals surface area (Å²) < 4.78 is 11.0. The first-order chi connectivity index (χ1) is 9.60. The van der Waals surface area contributed by atoms with E-state index in [-0.39, 0.29) is 18.2 Å². The fourth-order valence-corrected chi connectivity index (χ4v) is 2.44. The van der Waals surface area contributed by atoms with Crippen molar-refractivity contribution in [3.8, 4) is 0 Å². The number of anilines is 1. The molecule has 4 nitrogen and oxygen atoms in total. The van der Waals surface area contributed by atoms with Crippen LogP contribution in [0.2, 0.25) is 0 Å². The Morgan fingerprint density at radius 1 is 1.40 bits per heavy atom. The highest BCUT2D eigenvalue weighted by molar-refractivity contribution is 5.80. The monoisotopic (exact) mass is 277 g/mol. The Kier molecular flexibility index (Phi) is 5.01. The van der Waals surface area contributed by atoms with Crippen LogP contribution in [0.5, 0.6) is 0 Å². The zero-order valence-corrected chi connectivity index (χ0v) is 12.4. The van der Waals surface area contributed by atoms with E-state index in [0.717, 1.165) is 18.5 Å². The molecular formula is C16H23NO3. The molecule has 1 heterocycles. The van der Waals surface area contributed by atoms with Crippen molar-refractivity contribution in [2.75, 3.05) is 11.9 Å². The molecule has 1 aromatic carbocycles. The standard InChI is InChI=1S/C16H23NO3/c1-4-19-16(18)15(14-10-7-12(3)20-14)17-13-8-5-11(2)6-9-13/h5-6,8-9,12,14-15,17H,4,7,10H2,1-3H3. The van der Waals surface area contributed by atoms with Gasteiger partial charge >= 0.3 is 5.97 Å². The predicted molar refractivity (Wildman–Crippen MR) is 78.8 cm³/mol. The third-order valence-corrected chi connectivity index (χ3v) is 3.55. The molecule has 0 amide bonds. The number of benzene rings is 1. The molecule has 20 heavy (non-hydrogen) atoms. The molecule has 4 heteroatoms. The number of aryl methyl sites for hydroxylation is 1. The summed E-state index contributed by atoms with van der Waals surface area (Å²) in [4.78, 5) is 12.1. The summed E-state index contributed by atoms with van der Waals surface area (Å²) >= 11 is 0. The second-order valence-corrected chi connectivity index (χ2v) is 5.30. The number of rotatable bonds is 5. The third kappa shape index (κ3) is 3.73. The van der Waals surface area contributed by atoms with E-state index < -0.39 is 6.04 Å². The zero-order valence-electron chi connectivity index (χ0n) is 12.4. The van der Waals surface area contributed by atoms with Crippen LogP contribution in [0, 0.1) is 6.92 Å². The van der Waals surface area contributed by atoms with Crippen LogP contribution < -0.4 is 5.32 Å². The Balaban J connectivity index is 2.09. The molecule has 3 atom stereocenters. The maximum Gasteiger partial charge on any atom is 0.331 e. The van der Waals surface area contributed by atoms with E-state index in [4.69, 9.17) is 9.47 Å². The number of hydrogen-bond acceptors (Lipinski definition) is 4. The molecule has 110 valence electrons. The number of ether oxygens (including phenoxy) is 2. The van der Waals surface area contributed by atoms with Gasteiger partial charge in [-0.3, -0.25) is 0 Å². The van der Waals surface area contributed by atoms with Gasteiger partial charge in [-0.15, -0.1) is 0 Å². The van der Waals surface area contributed by atoms with Gasteiger partial charge in [-0.25, -0.2) is 4.79 Å². The summed E-state index contributed by atoms with van der Waals surface area (Å²) in [5.74, 6) is -0.243. The molecule has 3 unspecified atom stereocenters. The minimum atomic E-state index is -0.442. The van der Waals surface area contributed by atoms with Gasteiger partial charge in [0.15, 0.2) is 6.04 Å². The van der Waals surface area contributed by atoms with E-state index in [0.29, 0.717) is 6.61 Å². The molecule has 0 bridgehead atoms. The van der Waals surface area contributed by atoms with Crippen molar-refractivity contribution in [3.63, 3.8) is 0 Å². The van der Waals surface area contributed by atoms with E-state index >= 15 is 0 Å². The van der Waals surface area contributed by atoms with E-state index in [2.05, 4.69) is 5.32 Å². The molecule has 0 aromatic heterocycles. The van der Waals surface area contributed by atoms with Crippen molar-refractivity contribution < 1.29 is 14.3 Å². The first-order valence-electron chi connectivity index (χ1n) is 7.25. The van der Waals surface area contributed by atoms with Crippen LogP contribution in [0.1, 0.15) is 32.3 Å². The predicted octanol–water partition coefficient (Wildman–Crippen LogP) is 2.91. The topological polar surface area (TPSA) is 47.6 Å². The van der Waals surface area contributed by atoms with Gasteiger partial charge in [0.25, 0.3) is 0 Å². The lowest BCUT2D eigenvalue weighted by Crippen LogP contribution is -2.42. The number of carbonyl (C=O) groups excluding carboxylic acids is 1. The van der Waals surface area contributed by atoms with E-state index in [9.17, 15) is 4.79 Å². The van der Waals surface area contributed by atoms with Crippen molar-refractivity contribution >= 4 is 11.7 Å². The average molecular weight is 277 g/mol. The number of esters is 1. The number of nitrogens with one attached hydrogen (secondary N) is 1.